The first-order valence-electron chi connectivity index (χ1n) is 9.04. The fraction of sp³-hybridized carbons (Fsp3) is 0.474. The molecule has 12 heteroatoms. The summed E-state index contributed by atoms with van der Waals surface area (Å²) < 4.78 is 51.7. The smallest absolute Gasteiger partial charge is 0.437 e. The fourth-order valence-corrected chi connectivity index (χ4v) is 2.17. The number of aromatic nitrogens is 4. The molecular weight excluding hydrogens is 419 g/mol. The number of amides is 2. The van der Waals surface area contributed by atoms with Crippen molar-refractivity contribution in [1.82, 2.24) is 19.9 Å². The van der Waals surface area contributed by atoms with Crippen LogP contribution >= 0.6 is 0 Å². The van der Waals surface area contributed by atoms with Gasteiger partial charge in [-0.25, -0.2) is 29.5 Å². The van der Waals surface area contributed by atoms with Gasteiger partial charge < -0.3 is 9.47 Å². The Bertz CT molecular complexity index is 926. The van der Waals surface area contributed by atoms with E-state index in [1.54, 1.807) is 0 Å². The number of nitrogens with zero attached hydrogens (tertiary/aromatic N) is 5. The molecule has 0 aromatic carbocycles. The molecule has 0 spiro atoms. The summed E-state index contributed by atoms with van der Waals surface area (Å²) in [5, 5.41) is 0. The van der Waals surface area contributed by atoms with Crippen LogP contribution in [0, 0.1) is 0 Å². The number of anilines is 1. The Hall–Kier alpha value is -3.31. The maximum atomic E-state index is 13.8. The molecule has 31 heavy (non-hydrogen) atoms. The molecule has 0 radical (unpaired) electrons. The van der Waals surface area contributed by atoms with Crippen LogP contribution in [0.25, 0.3) is 11.3 Å². The molecule has 0 aliphatic rings. The van der Waals surface area contributed by atoms with E-state index in [1.165, 1.54) is 60.3 Å². The molecule has 9 nitrogen and oxygen atoms in total. The first-order chi connectivity index (χ1) is 14.1. The van der Waals surface area contributed by atoms with E-state index in [0.717, 1.165) is 6.20 Å². The van der Waals surface area contributed by atoms with Gasteiger partial charge in [-0.15, -0.1) is 0 Å². The third-order valence-corrected chi connectivity index (χ3v) is 3.24. The van der Waals surface area contributed by atoms with Gasteiger partial charge in [0.05, 0.1) is 11.9 Å². The van der Waals surface area contributed by atoms with Crippen LogP contribution in [0.3, 0.4) is 0 Å². The molecule has 2 aromatic heterocycles. The number of halogens is 3. The van der Waals surface area contributed by atoms with Crippen molar-refractivity contribution in [3.05, 3.63) is 30.6 Å². The van der Waals surface area contributed by atoms with E-state index in [2.05, 4.69) is 19.9 Å². The van der Waals surface area contributed by atoms with Gasteiger partial charge in [0, 0.05) is 18.0 Å². The van der Waals surface area contributed by atoms with Gasteiger partial charge in [0.25, 0.3) is 0 Å². The molecule has 0 aliphatic heterocycles. The van der Waals surface area contributed by atoms with Crippen LogP contribution in [0.15, 0.2) is 24.9 Å². The van der Waals surface area contributed by atoms with Crippen LogP contribution in [0.5, 0.6) is 0 Å². The van der Waals surface area contributed by atoms with Gasteiger partial charge in [-0.1, -0.05) is 0 Å². The van der Waals surface area contributed by atoms with Gasteiger partial charge in [-0.3, -0.25) is 0 Å². The molecule has 0 saturated carbocycles. The van der Waals surface area contributed by atoms with Crippen molar-refractivity contribution in [3.63, 3.8) is 0 Å². The van der Waals surface area contributed by atoms with Crippen molar-refractivity contribution >= 4 is 18.0 Å². The minimum Gasteiger partial charge on any atom is -0.443 e. The Morgan fingerprint density at radius 3 is 1.77 bits per heavy atom. The number of carbonyl (C=O) groups excluding carboxylic acids is 2. The molecule has 2 heterocycles. The molecule has 0 aliphatic carbocycles. The van der Waals surface area contributed by atoms with Gasteiger partial charge in [0.2, 0.25) is 0 Å². The summed E-state index contributed by atoms with van der Waals surface area (Å²) >= 11 is 0. The molecule has 0 N–H and O–H groups in total. The standard InChI is InChI=1S/C19H22F3N5O4/c1-17(2,3)30-15(28)27(16(29)31-18(4,5)6)14-13(19(20,21)22)26-12(9-25-14)11-7-23-10-24-8-11/h7-10H,1-6H3. The molecule has 0 saturated heterocycles. The Morgan fingerprint density at radius 1 is 0.871 bits per heavy atom. The highest BCUT2D eigenvalue weighted by Crippen LogP contribution is 2.36. The zero-order valence-electron chi connectivity index (χ0n) is 17.8. The first-order valence-corrected chi connectivity index (χ1v) is 9.04. The molecule has 0 fully saturated rings. The second kappa shape index (κ2) is 8.44. The fourth-order valence-electron chi connectivity index (χ4n) is 2.17. The number of ether oxygens (including phenoxy) is 2. The second-order valence-corrected chi connectivity index (χ2v) is 8.35. The Labute approximate surface area is 176 Å². The number of hydrogen-bond acceptors (Lipinski definition) is 8. The maximum Gasteiger partial charge on any atom is 0.437 e. The number of carbonyl (C=O) groups is 2. The van der Waals surface area contributed by atoms with E-state index in [-0.39, 0.29) is 16.2 Å². The van der Waals surface area contributed by atoms with Gasteiger partial charge in [0.1, 0.15) is 17.5 Å². The van der Waals surface area contributed by atoms with Crippen LogP contribution in [-0.4, -0.2) is 43.3 Å². The zero-order chi connectivity index (χ0) is 23.6. The average Bonchev–Trinajstić information content (AvgIpc) is 2.59. The molecule has 2 rings (SSSR count). The monoisotopic (exact) mass is 441 g/mol. The zero-order valence-corrected chi connectivity index (χ0v) is 17.8. The van der Waals surface area contributed by atoms with E-state index in [0.29, 0.717) is 0 Å². The number of hydrogen-bond donors (Lipinski definition) is 0. The summed E-state index contributed by atoms with van der Waals surface area (Å²) in [6.07, 6.45) is -3.19. The van der Waals surface area contributed by atoms with Crippen LogP contribution in [0.4, 0.5) is 28.6 Å². The lowest BCUT2D eigenvalue weighted by atomic mass is 10.2. The van der Waals surface area contributed by atoms with E-state index in [1.807, 2.05) is 0 Å². The molecule has 168 valence electrons. The Balaban J connectivity index is 2.65. The Kier molecular flexibility index (Phi) is 6.52. The van der Waals surface area contributed by atoms with E-state index < -0.39 is 41.1 Å². The van der Waals surface area contributed by atoms with Crippen LogP contribution in [0.1, 0.15) is 47.2 Å². The largest absolute Gasteiger partial charge is 0.443 e. The van der Waals surface area contributed by atoms with Crippen molar-refractivity contribution in [1.29, 1.82) is 0 Å². The predicted molar refractivity (Wildman–Crippen MR) is 103 cm³/mol. The van der Waals surface area contributed by atoms with Crippen LogP contribution in [0.2, 0.25) is 0 Å². The van der Waals surface area contributed by atoms with Gasteiger partial charge in [0.15, 0.2) is 11.5 Å². The highest BCUT2D eigenvalue weighted by Gasteiger charge is 2.43. The molecule has 2 amide bonds. The molecule has 0 atom stereocenters. The summed E-state index contributed by atoms with van der Waals surface area (Å²) in [4.78, 5) is 40.2. The lowest BCUT2D eigenvalue weighted by Gasteiger charge is -2.29. The minimum atomic E-state index is -5.06. The molecule has 0 unspecified atom stereocenters. The number of imide groups is 1. The van der Waals surface area contributed by atoms with E-state index in [9.17, 15) is 22.8 Å². The normalized spacial score (nSPS) is 12.3. The minimum absolute atomic E-state index is 0.0809. The maximum absolute atomic E-state index is 13.8. The van der Waals surface area contributed by atoms with Crippen molar-refractivity contribution in [2.75, 3.05) is 4.90 Å². The van der Waals surface area contributed by atoms with E-state index >= 15 is 0 Å². The Morgan fingerprint density at radius 2 is 1.35 bits per heavy atom. The molecule has 2 aromatic rings. The number of alkyl halides is 3. The summed E-state index contributed by atoms with van der Waals surface area (Å²) in [5.41, 5.74) is -3.83. The number of rotatable bonds is 2. The van der Waals surface area contributed by atoms with Gasteiger partial charge in [-0.05, 0) is 41.5 Å². The SMILES string of the molecule is CC(C)(C)OC(=O)N(C(=O)OC(C)(C)C)c1ncc(-c2cncnc2)nc1C(F)(F)F. The summed E-state index contributed by atoms with van der Waals surface area (Å²) in [7, 11) is 0. The van der Waals surface area contributed by atoms with Crippen molar-refractivity contribution in [3.8, 4) is 11.3 Å². The highest BCUT2D eigenvalue weighted by molar-refractivity contribution is 6.09. The van der Waals surface area contributed by atoms with Gasteiger partial charge in [-0.2, -0.15) is 18.1 Å². The topological polar surface area (TPSA) is 107 Å². The molecular formula is C19H22F3N5O4. The van der Waals surface area contributed by atoms with Crippen LogP contribution in [-0.2, 0) is 15.7 Å². The lowest BCUT2D eigenvalue weighted by Crippen LogP contribution is -2.45. The van der Waals surface area contributed by atoms with Crippen molar-refractivity contribution in [2.24, 2.45) is 0 Å². The summed E-state index contributed by atoms with van der Waals surface area (Å²) in [6.45, 7) is 8.96. The average molecular weight is 441 g/mol. The third-order valence-electron chi connectivity index (χ3n) is 3.24. The van der Waals surface area contributed by atoms with E-state index in [4.69, 9.17) is 9.47 Å². The van der Waals surface area contributed by atoms with Crippen molar-refractivity contribution < 1.29 is 32.2 Å². The van der Waals surface area contributed by atoms with Crippen LogP contribution < -0.4 is 4.90 Å². The van der Waals surface area contributed by atoms with Crippen molar-refractivity contribution in [2.45, 2.75) is 58.9 Å². The quantitative estimate of drug-likeness (QED) is 0.664. The predicted octanol–water partition coefficient (Wildman–Crippen LogP) is 4.63. The first kappa shape index (κ1) is 24.0. The summed E-state index contributed by atoms with van der Waals surface area (Å²) in [5.74, 6) is -1.07. The second-order valence-electron chi connectivity index (χ2n) is 8.35. The highest BCUT2D eigenvalue weighted by atomic mass is 19.4. The van der Waals surface area contributed by atoms with Gasteiger partial charge >= 0.3 is 18.4 Å². The summed E-state index contributed by atoms with van der Waals surface area (Å²) in [6, 6.07) is 0. The lowest BCUT2D eigenvalue weighted by molar-refractivity contribution is -0.140. The molecule has 0 bridgehead atoms. The third kappa shape index (κ3) is 6.59.